The molecule has 0 radical (unpaired) electrons. The molecule has 1 heterocycles. The molecule has 0 bridgehead atoms. The maximum atomic E-state index is 10.4. The average Bonchev–Trinajstić information content (AvgIpc) is 2.13. The van der Waals surface area contributed by atoms with Crippen molar-refractivity contribution in [2.24, 2.45) is 0 Å². The second-order valence-electron chi connectivity index (χ2n) is 3.16. The first-order valence-electron chi connectivity index (χ1n) is 4.38. The van der Waals surface area contributed by atoms with E-state index in [1.165, 1.54) is 0 Å². The van der Waals surface area contributed by atoms with Crippen molar-refractivity contribution in [1.82, 2.24) is 4.98 Å². The van der Waals surface area contributed by atoms with E-state index in [1.54, 1.807) is 19.9 Å². The first kappa shape index (κ1) is 11.0. The van der Waals surface area contributed by atoms with Crippen molar-refractivity contribution in [2.75, 3.05) is 11.9 Å². The number of nitrogens with zero attached hydrogens (tertiary/aromatic N) is 2. The number of carboxylic acid groups (broad SMARTS) is 1. The quantitative estimate of drug-likeness (QED) is 0.770. The van der Waals surface area contributed by atoms with Crippen LogP contribution < -0.4 is 5.32 Å². The van der Waals surface area contributed by atoms with E-state index in [1.807, 2.05) is 6.07 Å². The third-order valence-electron chi connectivity index (χ3n) is 1.86. The topological polar surface area (TPSA) is 86.0 Å². The van der Waals surface area contributed by atoms with E-state index < -0.39 is 5.97 Å². The molecule has 0 amide bonds. The van der Waals surface area contributed by atoms with E-state index in [-0.39, 0.29) is 6.54 Å². The van der Waals surface area contributed by atoms with Gasteiger partial charge in [0.05, 0.1) is 5.56 Å². The Bertz CT molecular complexity index is 435. The fourth-order valence-corrected chi connectivity index (χ4v) is 1.27. The highest BCUT2D eigenvalue weighted by molar-refractivity contribution is 5.73. The van der Waals surface area contributed by atoms with Gasteiger partial charge in [-0.1, -0.05) is 0 Å². The van der Waals surface area contributed by atoms with Crippen molar-refractivity contribution in [1.29, 1.82) is 5.26 Å². The molecule has 2 N–H and O–H groups in total. The number of aryl methyl sites for hydroxylation is 2. The van der Waals surface area contributed by atoms with E-state index in [9.17, 15) is 4.79 Å². The molecular weight excluding hydrogens is 194 g/mol. The summed E-state index contributed by atoms with van der Waals surface area (Å²) in [4.78, 5) is 14.4. The summed E-state index contributed by atoms with van der Waals surface area (Å²) in [6.45, 7) is 3.34. The number of hydrogen-bond donors (Lipinski definition) is 2. The first-order valence-corrected chi connectivity index (χ1v) is 4.38. The van der Waals surface area contributed by atoms with Crippen LogP contribution in [-0.4, -0.2) is 22.6 Å². The highest BCUT2D eigenvalue weighted by Crippen LogP contribution is 2.16. The van der Waals surface area contributed by atoms with E-state index >= 15 is 0 Å². The molecule has 0 aliphatic heterocycles. The Morgan fingerprint density at radius 2 is 2.33 bits per heavy atom. The molecule has 0 saturated heterocycles. The zero-order valence-corrected chi connectivity index (χ0v) is 8.53. The second-order valence-corrected chi connectivity index (χ2v) is 3.16. The Morgan fingerprint density at radius 3 is 2.87 bits per heavy atom. The molecule has 1 aromatic heterocycles. The molecule has 5 heteroatoms. The minimum Gasteiger partial charge on any atom is -0.480 e. The molecule has 5 nitrogen and oxygen atoms in total. The smallest absolute Gasteiger partial charge is 0.322 e. The summed E-state index contributed by atoms with van der Waals surface area (Å²) in [7, 11) is 0. The number of aromatic nitrogens is 1. The normalized spacial score (nSPS) is 9.40. The molecule has 0 unspecified atom stereocenters. The standard InChI is InChI=1S/C10H11N3O2/c1-6-3-7(2)13-10(8(6)4-11)12-5-9(14)15/h3H,5H2,1-2H3,(H,12,13)(H,14,15). The SMILES string of the molecule is Cc1cc(C)c(C#N)c(NCC(=O)O)n1. The van der Waals surface area contributed by atoms with Gasteiger partial charge in [0.15, 0.2) is 0 Å². The third kappa shape index (κ3) is 2.68. The molecule has 0 fully saturated rings. The van der Waals surface area contributed by atoms with Crippen LogP contribution in [0.3, 0.4) is 0 Å². The summed E-state index contributed by atoms with van der Waals surface area (Å²) < 4.78 is 0. The third-order valence-corrected chi connectivity index (χ3v) is 1.86. The van der Waals surface area contributed by atoms with Crippen LogP contribution in [0.1, 0.15) is 16.8 Å². The Hall–Kier alpha value is -2.09. The molecule has 0 aromatic carbocycles. The van der Waals surface area contributed by atoms with Gasteiger partial charge >= 0.3 is 5.97 Å². The van der Waals surface area contributed by atoms with Gasteiger partial charge in [0, 0.05) is 5.69 Å². The maximum absolute atomic E-state index is 10.4. The summed E-state index contributed by atoms with van der Waals surface area (Å²) in [6, 6.07) is 3.78. The average molecular weight is 205 g/mol. The first-order chi connectivity index (χ1) is 7.04. The molecule has 0 spiro atoms. The molecule has 15 heavy (non-hydrogen) atoms. The van der Waals surface area contributed by atoms with Crippen molar-refractivity contribution in [3.63, 3.8) is 0 Å². The molecule has 78 valence electrons. The monoisotopic (exact) mass is 205 g/mol. The van der Waals surface area contributed by atoms with Crippen LogP contribution in [-0.2, 0) is 4.79 Å². The minimum absolute atomic E-state index is 0.245. The number of pyridine rings is 1. The highest BCUT2D eigenvalue weighted by atomic mass is 16.4. The van der Waals surface area contributed by atoms with Gasteiger partial charge < -0.3 is 10.4 Å². The summed E-state index contributed by atoms with van der Waals surface area (Å²) in [5.41, 5.74) is 1.93. The van der Waals surface area contributed by atoms with Crippen LogP contribution in [0.4, 0.5) is 5.82 Å². The lowest BCUT2D eigenvalue weighted by molar-refractivity contribution is -0.134. The van der Waals surface area contributed by atoms with Crippen LogP contribution >= 0.6 is 0 Å². The second kappa shape index (κ2) is 4.42. The highest BCUT2D eigenvalue weighted by Gasteiger charge is 2.08. The summed E-state index contributed by atoms with van der Waals surface area (Å²) in [5, 5.41) is 20.0. The van der Waals surface area contributed by atoms with Crippen molar-refractivity contribution >= 4 is 11.8 Å². The van der Waals surface area contributed by atoms with E-state index in [0.29, 0.717) is 11.4 Å². The number of anilines is 1. The van der Waals surface area contributed by atoms with Crippen LogP contribution in [0.25, 0.3) is 0 Å². The number of hydrogen-bond acceptors (Lipinski definition) is 4. The number of aliphatic carboxylic acids is 1. The predicted molar refractivity (Wildman–Crippen MR) is 54.6 cm³/mol. The molecular formula is C10H11N3O2. The number of nitriles is 1. The van der Waals surface area contributed by atoms with Gasteiger partial charge in [-0.3, -0.25) is 4.79 Å². The van der Waals surface area contributed by atoms with E-state index in [0.717, 1.165) is 11.3 Å². The largest absolute Gasteiger partial charge is 0.480 e. The lowest BCUT2D eigenvalue weighted by Gasteiger charge is -2.08. The fourth-order valence-electron chi connectivity index (χ4n) is 1.27. The van der Waals surface area contributed by atoms with E-state index in [4.69, 9.17) is 10.4 Å². The fraction of sp³-hybridized carbons (Fsp3) is 0.300. The van der Waals surface area contributed by atoms with Gasteiger partial charge in [0.25, 0.3) is 0 Å². The van der Waals surface area contributed by atoms with Gasteiger partial charge in [-0.2, -0.15) is 5.26 Å². The zero-order chi connectivity index (χ0) is 11.4. The number of carboxylic acids is 1. The summed E-state index contributed by atoms with van der Waals surface area (Å²) in [5.74, 6) is -0.655. The maximum Gasteiger partial charge on any atom is 0.322 e. The molecule has 0 aliphatic carbocycles. The van der Waals surface area contributed by atoms with Gasteiger partial charge in [-0.05, 0) is 25.5 Å². The van der Waals surface area contributed by atoms with Crippen molar-refractivity contribution in [2.45, 2.75) is 13.8 Å². The van der Waals surface area contributed by atoms with E-state index in [2.05, 4.69) is 10.3 Å². The van der Waals surface area contributed by atoms with Gasteiger partial charge in [0.1, 0.15) is 18.4 Å². The Kier molecular flexibility index (Phi) is 3.24. The molecule has 0 atom stereocenters. The predicted octanol–water partition coefficient (Wildman–Crippen LogP) is 1.07. The van der Waals surface area contributed by atoms with Gasteiger partial charge in [-0.15, -0.1) is 0 Å². The number of rotatable bonds is 3. The number of carbonyl (C=O) groups is 1. The lowest BCUT2D eigenvalue weighted by atomic mass is 10.1. The summed E-state index contributed by atoms with van der Waals surface area (Å²) in [6.07, 6.45) is 0. The van der Waals surface area contributed by atoms with Gasteiger partial charge in [0.2, 0.25) is 0 Å². The van der Waals surface area contributed by atoms with Crippen LogP contribution in [0.15, 0.2) is 6.07 Å². The Morgan fingerprint density at radius 1 is 1.67 bits per heavy atom. The summed E-state index contributed by atoms with van der Waals surface area (Å²) >= 11 is 0. The van der Waals surface area contributed by atoms with Crippen molar-refractivity contribution < 1.29 is 9.90 Å². The minimum atomic E-state index is -0.986. The lowest BCUT2D eigenvalue weighted by Crippen LogP contribution is -2.14. The van der Waals surface area contributed by atoms with Crippen LogP contribution in [0.5, 0.6) is 0 Å². The Balaban J connectivity index is 3.05. The molecule has 0 aliphatic rings. The van der Waals surface area contributed by atoms with Crippen molar-refractivity contribution in [3.8, 4) is 6.07 Å². The van der Waals surface area contributed by atoms with Gasteiger partial charge in [-0.25, -0.2) is 4.98 Å². The molecule has 1 aromatic rings. The number of nitrogens with one attached hydrogen (secondary N) is 1. The van der Waals surface area contributed by atoms with Crippen molar-refractivity contribution in [3.05, 3.63) is 22.9 Å². The Labute approximate surface area is 87.4 Å². The van der Waals surface area contributed by atoms with Crippen LogP contribution in [0.2, 0.25) is 0 Å². The molecule has 1 rings (SSSR count). The molecule has 0 saturated carbocycles. The zero-order valence-electron chi connectivity index (χ0n) is 8.53. The van der Waals surface area contributed by atoms with Crippen LogP contribution in [0, 0.1) is 25.2 Å².